The third kappa shape index (κ3) is 8.67. The molecule has 9 nitrogen and oxygen atoms in total. The Kier molecular flexibility index (Phi) is 11.5. The lowest BCUT2D eigenvalue weighted by atomic mass is 9.93. The van der Waals surface area contributed by atoms with Gasteiger partial charge < -0.3 is 25.4 Å². The zero-order valence-corrected chi connectivity index (χ0v) is 21.1. The van der Waals surface area contributed by atoms with Crippen molar-refractivity contribution >= 4 is 17.9 Å². The highest BCUT2D eigenvalue weighted by molar-refractivity contribution is 5.92. The maximum Gasteiger partial charge on any atom is 0.408 e. The number of hydrogen-bond donors (Lipinski definition) is 3. The van der Waals surface area contributed by atoms with Crippen molar-refractivity contribution in [3.8, 4) is 6.07 Å². The molecule has 0 fully saturated rings. The van der Waals surface area contributed by atoms with Gasteiger partial charge in [0.15, 0.2) is 0 Å². The number of ether oxygens (including phenoxy) is 1. The lowest BCUT2D eigenvalue weighted by Crippen LogP contribution is -2.54. The summed E-state index contributed by atoms with van der Waals surface area (Å²) in [5.41, 5.74) is 1.36. The number of rotatable bonds is 11. The molecule has 9 heteroatoms. The molecule has 1 aromatic rings. The molecule has 0 spiro atoms. The fourth-order valence-electron chi connectivity index (χ4n) is 3.58. The number of nitriles is 1. The predicted octanol–water partition coefficient (Wildman–Crippen LogP) is 2.89. The quantitative estimate of drug-likeness (QED) is 0.334. The molecule has 0 aliphatic rings. The van der Waals surface area contributed by atoms with Crippen molar-refractivity contribution in [2.45, 2.75) is 78.5 Å². The van der Waals surface area contributed by atoms with E-state index in [1.165, 1.54) is 0 Å². The maximum atomic E-state index is 13.4. The summed E-state index contributed by atoms with van der Waals surface area (Å²) < 4.78 is 5.19. The second kappa shape index (κ2) is 13.6. The van der Waals surface area contributed by atoms with Gasteiger partial charge in [0.2, 0.25) is 11.8 Å². The van der Waals surface area contributed by atoms with Crippen molar-refractivity contribution in [3.63, 3.8) is 0 Å². The van der Waals surface area contributed by atoms with Crippen molar-refractivity contribution in [2.24, 2.45) is 0 Å². The first-order valence-corrected chi connectivity index (χ1v) is 11.6. The third-order valence-electron chi connectivity index (χ3n) is 5.15. The van der Waals surface area contributed by atoms with Gasteiger partial charge in [-0.25, -0.2) is 4.79 Å². The van der Waals surface area contributed by atoms with E-state index in [0.29, 0.717) is 12.1 Å². The van der Waals surface area contributed by atoms with Crippen LogP contribution >= 0.6 is 0 Å². The van der Waals surface area contributed by atoms with Gasteiger partial charge in [-0.05, 0) is 57.7 Å². The van der Waals surface area contributed by atoms with E-state index in [4.69, 9.17) is 4.74 Å². The molecule has 0 bridgehead atoms. The van der Waals surface area contributed by atoms with E-state index >= 15 is 0 Å². The molecule has 2 atom stereocenters. The van der Waals surface area contributed by atoms with E-state index in [2.05, 4.69) is 17.6 Å². The molecular formula is C25H38N4O5. The van der Waals surface area contributed by atoms with Crippen molar-refractivity contribution in [1.82, 2.24) is 15.5 Å². The van der Waals surface area contributed by atoms with Gasteiger partial charge in [0.05, 0.1) is 12.7 Å². The largest absolute Gasteiger partial charge is 0.444 e. The van der Waals surface area contributed by atoms with Gasteiger partial charge in [-0.2, -0.15) is 5.26 Å². The Morgan fingerprint density at radius 1 is 1.18 bits per heavy atom. The number of nitrogens with one attached hydrogen (secondary N) is 2. The Balaban J connectivity index is 3.36. The van der Waals surface area contributed by atoms with E-state index in [1.807, 2.05) is 38.1 Å². The first kappa shape index (κ1) is 28.9. The summed E-state index contributed by atoms with van der Waals surface area (Å²) in [5.74, 6) is -1.18. The molecule has 1 aromatic carbocycles. The average Bonchev–Trinajstić information content (AvgIpc) is 2.74. The van der Waals surface area contributed by atoms with E-state index in [1.54, 1.807) is 20.8 Å². The summed E-state index contributed by atoms with van der Waals surface area (Å²) in [6.45, 7) is 10.0. The Morgan fingerprint density at radius 2 is 1.79 bits per heavy atom. The summed E-state index contributed by atoms with van der Waals surface area (Å²) >= 11 is 0. The van der Waals surface area contributed by atoms with Crippen LogP contribution in [-0.4, -0.2) is 59.3 Å². The number of aryl methyl sites for hydroxylation is 2. The van der Waals surface area contributed by atoms with Crippen molar-refractivity contribution in [1.29, 1.82) is 5.26 Å². The minimum atomic E-state index is -1.39. The van der Waals surface area contributed by atoms with Gasteiger partial charge in [0.1, 0.15) is 24.2 Å². The van der Waals surface area contributed by atoms with Gasteiger partial charge in [-0.3, -0.25) is 9.59 Å². The molecule has 0 radical (unpaired) electrons. The highest BCUT2D eigenvalue weighted by Gasteiger charge is 2.37. The standard InChI is InChI=1S/C25H38N4O5/c1-7-8-9-14-27-22(31)21(20-17(2)11-10-12-18(20)3)29(15-13-26)23(32)19(16-30)28-24(33)34-25(4,5)6/h10-12,19,21,30H,7-9,14-16H2,1-6H3,(H,27,31)(H,28,33). The Labute approximate surface area is 202 Å². The van der Waals surface area contributed by atoms with Crippen molar-refractivity contribution in [2.75, 3.05) is 19.7 Å². The van der Waals surface area contributed by atoms with Gasteiger partial charge >= 0.3 is 6.09 Å². The predicted molar refractivity (Wildman–Crippen MR) is 129 cm³/mol. The molecule has 1 rings (SSSR count). The van der Waals surface area contributed by atoms with Crippen LogP contribution in [0.15, 0.2) is 18.2 Å². The zero-order chi connectivity index (χ0) is 25.9. The molecule has 3 amide bonds. The van der Waals surface area contributed by atoms with Crippen LogP contribution in [0.25, 0.3) is 0 Å². The van der Waals surface area contributed by atoms with Crippen molar-refractivity contribution < 1.29 is 24.2 Å². The number of carbonyl (C=O) groups excluding carboxylic acids is 3. The van der Waals surface area contributed by atoms with Crippen LogP contribution in [0.3, 0.4) is 0 Å². The van der Waals surface area contributed by atoms with Gasteiger partial charge in [0.25, 0.3) is 0 Å². The average molecular weight is 475 g/mol. The van der Waals surface area contributed by atoms with E-state index in [9.17, 15) is 24.8 Å². The van der Waals surface area contributed by atoms with Crippen LogP contribution in [0.2, 0.25) is 0 Å². The van der Waals surface area contributed by atoms with Crippen LogP contribution in [0.4, 0.5) is 4.79 Å². The molecule has 0 aliphatic heterocycles. The smallest absolute Gasteiger partial charge is 0.408 e. The second-order valence-electron chi connectivity index (χ2n) is 9.21. The zero-order valence-electron chi connectivity index (χ0n) is 21.1. The van der Waals surface area contributed by atoms with Crippen LogP contribution in [-0.2, 0) is 14.3 Å². The van der Waals surface area contributed by atoms with Crippen LogP contribution in [0.5, 0.6) is 0 Å². The SMILES string of the molecule is CCCCCNC(=O)C(c1c(C)cccc1C)N(CC#N)C(=O)C(CO)NC(=O)OC(C)(C)C. The fraction of sp³-hybridized carbons (Fsp3) is 0.600. The molecule has 0 aromatic heterocycles. The monoisotopic (exact) mass is 474 g/mol. The number of carbonyl (C=O) groups is 3. The van der Waals surface area contributed by atoms with Crippen molar-refractivity contribution in [3.05, 3.63) is 34.9 Å². The second-order valence-corrected chi connectivity index (χ2v) is 9.21. The summed E-state index contributed by atoms with van der Waals surface area (Å²) in [6.07, 6.45) is 1.84. The summed E-state index contributed by atoms with van der Waals surface area (Å²) in [6, 6.07) is 4.96. The van der Waals surface area contributed by atoms with Gasteiger partial charge in [-0.15, -0.1) is 0 Å². The van der Waals surface area contributed by atoms with Crippen LogP contribution in [0, 0.1) is 25.2 Å². The normalized spacial score (nSPS) is 12.8. The maximum absolute atomic E-state index is 13.4. The number of hydrogen-bond acceptors (Lipinski definition) is 6. The number of benzene rings is 1. The highest BCUT2D eigenvalue weighted by Crippen LogP contribution is 2.28. The molecule has 2 unspecified atom stereocenters. The Morgan fingerprint density at radius 3 is 2.29 bits per heavy atom. The first-order chi connectivity index (χ1) is 16.0. The molecular weight excluding hydrogens is 436 g/mol. The number of nitrogens with zero attached hydrogens (tertiary/aromatic N) is 2. The van der Waals surface area contributed by atoms with E-state index in [-0.39, 0.29) is 0 Å². The molecule has 0 saturated heterocycles. The fourth-order valence-corrected chi connectivity index (χ4v) is 3.58. The molecule has 34 heavy (non-hydrogen) atoms. The minimum Gasteiger partial charge on any atom is -0.444 e. The van der Waals surface area contributed by atoms with Crippen LogP contribution in [0.1, 0.15) is 69.7 Å². The van der Waals surface area contributed by atoms with E-state index in [0.717, 1.165) is 35.3 Å². The van der Waals surface area contributed by atoms with Gasteiger partial charge in [0, 0.05) is 6.54 Å². The highest BCUT2D eigenvalue weighted by atomic mass is 16.6. The number of amides is 3. The van der Waals surface area contributed by atoms with Crippen LogP contribution < -0.4 is 10.6 Å². The lowest BCUT2D eigenvalue weighted by molar-refractivity contribution is -0.142. The molecule has 188 valence electrons. The Hall–Kier alpha value is -3.12. The van der Waals surface area contributed by atoms with Gasteiger partial charge in [-0.1, -0.05) is 38.0 Å². The Bertz CT molecular complexity index is 868. The first-order valence-electron chi connectivity index (χ1n) is 11.6. The number of aliphatic hydroxyl groups excluding tert-OH is 1. The number of unbranched alkanes of at least 4 members (excludes halogenated alkanes) is 2. The molecule has 0 saturated carbocycles. The summed E-state index contributed by atoms with van der Waals surface area (Å²) in [5, 5.41) is 24.6. The lowest BCUT2D eigenvalue weighted by Gasteiger charge is -2.33. The molecule has 0 heterocycles. The third-order valence-corrected chi connectivity index (χ3v) is 5.15. The number of aliphatic hydroxyl groups is 1. The summed E-state index contributed by atoms with van der Waals surface area (Å²) in [7, 11) is 0. The topological polar surface area (TPSA) is 132 Å². The summed E-state index contributed by atoms with van der Waals surface area (Å²) in [4.78, 5) is 40.2. The molecule has 3 N–H and O–H groups in total. The number of alkyl carbamates (subject to hydrolysis) is 1. The minimum absolute atomic E-state index is 0.411. The van der Waals surface area contributed by atoms with E-state index < -0.39 is 48.7 Å². The molecule has 0 aliphatic carbocycles.